The molecule has 6 nitrogen and oxygen atoms in total. The minimum Gasteiger partial charge on any atom is -0.342 e. The van der Waals surface area contributed by atoms with E-state index in [1.165, 1.54) is 11.3 Å². The molecule has 172 valence electrons. The van der Waals surface area contributed by atoms with E-state index < -0.39 is 12.1 Å². The van der Waals surface area contributed by atoms with Crippen molar-refractivity contribution in [2.75, 3.05) is 25.5 Å². The van der Waals surface area contributed by atoms with Gasteiger partial charge in [0.15, 0.2) is 0 Å². The molecule has 0 bridgehead atoms. The third-order valence-electron chi connectivity index (χ3n) is 6.37. The summed E-state index contributed by atoms with van der Waals surface area (Å²) in [7, 11) is 1.79. The molecule has 1 N–H and O–H groups in total. The highest BCUT2D eigenvalue weighted by Crippen LogP contribution is 2.40. The number of alkyl halides is 3. The van der Waals surface area contributed by atoms with Crippen molar-refractivity contribution in [1.82, 2.24) is 14.7 Å². The molecule has 1 aromatic heterocycles. The third kappa shape index (κ3) is 5.89. The number of anilines is 1. The Morgan fingerprint density at radius 3 is 2.45 bits per heavy atom. The second-order valence-corrected chi connectivity index (χ2v) is 8.53. The van der Waals surface area contributed by atoms with Gasteiger partial charge >= 0.3 is 0 Å². The number of hydrogen-bond donors (Lipinski definition) is 1. The second-order valence-electron chi connectivity index (χ2n) is 8.53. The monoisotopic (exact) mass is 439 g/mol. The van der Waals surface area contributed by atoms with Gasteiger partial charge in [-0.15, -0.1) is 0 Å². The highest BCUT2D eigenvalue weighted by Gasteiger charge is 2.36. The van der Waals surface area contributed by atoms with Crippen molar-refractivity contribution in [2.24, 2.45) is 10.9 Å². The Morgan fingerprint density at radius 1 is 1.29 bits per heavy atom. The van der Waals surface area contributed by atoms with E-state index in [9.17, 15) is 18.0 Å². The third-order valence-corrected chi connectivity index (χ3v) is 6.37. The molecule has 1 aromatic rings. The fourth-order valence-corrected chi connectivity index (χ4v) is 4.18. The topological polar surface area (TPSA) is 62.5 Å². The van der Waals surface area contributed by atoms with E-state index in [0.29, 0.717) is 44.7 Å². The number of carbonyl (C=O) groups excluding carboxylic acids is 1. The average Bonchev–Trinajstić information content (AvgIpc) is 3.32. The molecule has 2 heterocycles. The Morgan fingerprint density at radius 2 is 2.00 bits per heavy atom. The van der Waals surface area contributed by atoms with Gasteiger partial charge in [0.25, 0.3) is 0 Å². The Bertz CT molecular complexity index is 780. The van der Waals surface area contributed by atoms with Gasteiger partial charge in [-0.25, -0.2) is 17.9 Å². The number of aromatic nitrogens is 2. The van der Waals surface area contributed by atoms with E-state index >= 15 is 0 Å². The Labute approximate surface area is 181 Å². The molecule has 1 atom stereocenters. The van der Waals surface area contributed by atoms with E-state index in [1.807, 2.05) is 4.68 Å². The van der Waals surface area contributed by atoms with E-state index in [0.717, 1.165) is 30.1 Å². The lowest BCUT2D eigenvalue weighted by molar-refractivity contribution is -0.117. The fraction of sp³-hybridized carbons (Fsp3) is 0.682. The maximum Gasteiger partial charge on any atom is 0.248 e. The zero-order valence-corrected chi connectivity index (χ0v) is 18.1. The van der Waals surface area contributed by atoms with E-state index in [4.69, 9.17) is 0 Å². The first kappa shape index (κ1) is 23.3. The molecule has 0 spiro atoms. The van der Waals surface area contributed by atoms with Crippen LogP contribution in [0, 0.1) is 5.92 Å². The molecule has 2 saturated carbocycles. The van der Waals surface area contributed by atoms with Crippen LogP contribution < -0.4 is 5.32 Å². The lowest BCUT2D eigenvalue weighted by Crippen LogP contribution is -2.31. The van der Waals surface area contributed by atoms with Crippen LogP contribution in [0.4, 0.5) is 19.0 Å². The van der Waals surface area contributed by atoms with Crippen molar-refractivity contribution in [3.8, 4) is 0 Å². The van der Waals surface area contributed by atoms with Gasteiger partial charge in [0, 0.05) is 37.9 Å². The number of carbonyl (C=O) groups is 1. The van der Waals surface area contributed by atoms with Crippen molar-refractivity contribution in [3.63, 3.8) is 0 Å². The summed E-state index contributed by atoms with van der Waals surface area (Å²) in [6, 6.07) is 0.00493. The number of hydrogen-bond acceptors (Lipinski definition) is 3. The molecule has 4 rings (SSSR count). The number of amidine groups is 1. The number of likely N-dealkylation sites (tertiary alicyclic amines) is 1. The minimum absolute atomic E-state index is 0.00493. The van der Waals surface area contributed by atoms with Crippen LogP contribution in [0.1, 0.15) is 63.0 Å². The predicted molar refractivity (Wildman–Crippen MR) is 116 cm³/mol. The molecule has 3 aliphatic rings. The van der Waals surface area contributed by atoms with Crippen LogP contribution >= 0.6 is 0 Å². The van der Waals surface area contributed by atoms with Gasteiger partial charge in [0.1, 0.15) is 17.8 Å². The summed E-state index contributed by atoms with van der Waals surface area (Å²) in [5.74, 6) is -0.262. The molecular formula is C22H32F3N5O. The van der Waals surface area contributed by atoms with E-state index in [2.05, 4.69) is 22.0 Å². The zero-order chi connectivity index (χ0) is 22.4. The molecule has 3 fully saturated rings. The molecule has 1 aliphatic heterocycles. The largest absolute Gasteiger partial charge is 0.342 e. The Balaban J connectivity index is 0.000000287. The first-order chi connectivity index (χ1) is 14.9. The number of amides is 1. The van der Waals surface area contributed by atoms with Gasteiger partial charge in [0.2, 0.25) is 12.3 Å². The normalized spacial score (nSPS) is 24.2. The molecular weight excluding hydrogens is 407 g/mol. The lowest BCUT2D eigenvalue weighted by atomic mass is 9.84. The highest BCUT2D eigenvalue weighted by atomic mass is 19.3. The lowest BCUT2D eigenvalue weighted by Gasteiger charge is -2.31. The number of rotatable bonds is 5. The predicted octanol–water partition coefficient (Wildman–Crippen LogP) is 4.70. The van der Waals surface area contributed by atoms with Gasteiger partial charge < -0.3 is 10.2 Å². The quantitative estimate of drug-likeness (QED) is 0.411. The van der Waals surface area contributed by atoms with Crippen LogP contribution in [0.5, 0.6) is 0 Å². The summed E-state index contributed by atoms with van der Waals surface area (Å²) >= 11 is 0. The minimum atomic E-state index is -2.53. The van der Waals surface area contributed by atoms with Crippen molar-refractivity contribution in [1.29, 1.82) is 0 Å². The molecule has 31 heavy (non-hydrogen) atoms. The van der Waals surface area contributed by atoms with Crippen molar-refractivity contribution < 1.29 is 18.0 Å². The Kier molecular flexibility index (Phi) is 7.78. The molecule has 1 saturated heterocycles. The van der Waals surface area contributed by atoms with E-state index in [-0.39, 0.29) is 18.9 Å². The van der Waals surface area contributed by atoms with Gasteiger partial charge in [-0.1, -0.05) is 19.1 Å². The maximum atomic E-state index is 13.4. The van der Waals surface area contributed by atoms with Crippen LogP contribution in [0.3, 0.4) is 0 Å². The van der Waals surface area contributed by atoms with Crippen LogP contribution in [-0.4, -0.2) is 59.2 Å². The summed E-state index contributed by atoms with van der Waals surface area (Å²) in [5.41, 5.74) is 0.891. The Hall–Kier alpha value is -2.32. The van der Waals surface area contributed by atoms with E-state index in [1.54, 1.807) is 19.3 Å². The first-order valence-electron chi connectivity index (χ1n) is 11.0. The summed E-state index contributed by atoms with van der Waals surface area (Å²) < 4.78 is 40.8. The highest BCUT2D eigenvalue weighted by molar-refractivity contribution is 5.98. The summed E-state index contributed by atoms with van der Waals surface area (Å²) in [6.07, 6.45) is 8.20. The smallest absolute Gasteiger partial charge is 0.248 e. The van der Waals surface area contributed by atoms with Crippen LogP contribution in [0.25, 0.3) is 6.08 Å². The van der Waals surface area contributed by atoms with Gasteiger partial charge in [-0.3, -0.25) is 9.79 Å². The fourth-order valence-electron chi connectivity index (χ4n) is 4.18. The summed E-state index contributed by atoms with van der Waals surface area (Å²) in [5, 5.41) is 7.84. The summed E-state index contributed by atoms with van der Waals surface area (Å²) in [6.45, 7) is 4.72. The number of halogens is 3. The number of nitrogens with one attached hydrogen (secondary N) is 1. The molecule has 1 unspecified atom stereocenters. The first-order valence-corrected chi connectivity index (χ1v) is 11.0. The molecule has 0 aromatic carbocycles. The van der Waals surface area contributed by atoms with Gasteiger partial charge in [-0.2, -0.15) is 5.10 Å². The molecule has 9 heteroatoms. The average molecular weight is 440 g/mol. The molecule has 1 amide bonds. The maximum absolute atomic E-state index is 13.4. The second kappa shape index (κ2) is 10.3. The van der Waals surface area contributed by atoms with Crippen LogP contribution in [0.15, 0.2) is 17.8 Å². The number of nitrogens with zero attached hydrogens (tertiary/aromatic N) is 4. The van der Waals surface area contributed by atoms with Crippen molar-refractivity contribution in [2.45, 2.75) is 69.5 Å². The summed E-state index contributed by atoms with van der Waals surface area (Å²) in [4.78, 5) is 15.7. The molecule has 0 radical (unpaired) electrons. The van der Waals surface area contributed by atoms with Crippen molar-refractivity contribution in [3.05, 3.63) is 18.3 Å². The van der Waals surface area contributed by atoms with Crippen LogP contribution in [0.2, 0.25) is 0 Å². The zero-order valence-electron chi connectivity index (χ0n) is 18.1. The SMILES string of the molecule is C=Cc1cnn(C2CCC(F)(F)CC2)c1NC(=NC)C1CCC1.O=CN1CCC(F)C1. The standard InChI is InChI=1S/C17H24F2N4.C5H8FNO/c1-3-12-11-21-23(14-7-9-17(18,19)10-8-14)16(12)22-15(20-2)13-5-4-6-13;6-5-1-2-7(3-5)4-8/h3,11,13-14H,1,4-10H2,2H3,(H,20,22);4-5H,1-3H2. The van der Waals surface area contributed by atoms with Gasteiger partial charge in [0.05, 0.1) is 18.8 Å². The number of aliphatic imine (C=N–C) groups is 1. The van der Waals surface area contributed by atoms with Crippen molar-refractivity contribution >= 4 is 24.1 Å². The molecule has 2 aliphatic carbocycles. The van der Waals surface area contributed by atoms with Gasteiger partial charge in [-0.05, 0) is 32.1 Å². The van der Waals surface area contributed by atoms with Crippen LogP contribution in [-0.2, 0) is 4.79 Å².